The lowest BCUT2D eigenvalue weighted by Gasteiger charge is -2.11. The van der Waals surface area contributed by atoms with E-state index in [1.54, 1.807) is 23.9 Å². The van der Waals surface area contributed by atoms with E-state index in [9.17, 15) is 4.79 Å². The summed E-state index contributed by atoms with van der Waals surface area (Å²) >= 11 is 0. The maximum absolute atomic E-state index is 12.0. The van der Waals surface area contributed by atoms with E-state index >= 15 is 0 Å². The Balaban J connectivity index is 2.56. The van der Waals surface area contributed by atoms with Crippen LogP contribution in [-0.4, -0.2) is 33.9 Å². The highest BCUT2D eigenvalue weighted by molar-refractivity contribution is 6.04. The lowest BCUT2D eigenvalue weighted by atomic mass is 10.2. The van der Waals surface area contributed by atoms with E-state index in [0.29, 0.717) is 24.4 Å². The Kier molecular flexibility index (Phi) is 4.34. The molecule has 2 aromatic heterocycles. The number of carbonyl (C=O) groups excluding carboxylic acids is 1. The number of fused-ring (bicyclic) bond motifs is 1. The first kappa shape index (κ1) is 14.0. The van der Waals surface area contributed by atoms with Gasteiger partial charge < -0.3 is 10.1 Å². The summed E-state index contributed by atoms with van der Waals surface area (Å²) in [6.45, 7) is 9.03. The third kappa shape index (κ3) is 2.49. The monoisotopic (exact) mass is 274 g/mol. The largest absolute Gasteiger partial charge is 0.462 e. The van der Waals surface area contributed by atoms with E-state index in [0.717, 1.165) is 17.6 Å². The van der Waals surface area contributed by atoms with Crippen LogP contribution in [0.1, 0.15) is 24.2 Å². The van der Waals surface area contributed by atoms with Crippen molar-refractivity contribution in [2.75, 3.05) is 18.5 Å². The van der Waals surface area contributed by atoms with Gasteiger partial charge in [-0.2, -0.15) is 5.10 Å². The molecule has 0 spiro atoms. The minimum Gasteiger partial charge on any atom is -0.462 e. The van der Waals surface area contributed by atoms with E-state index in [1.807, 2.05) is 6.92 Å². The van der Waals surface area contributed by atoms with Gasteiger partial charge in [0.1, 0.15) is 5.56 Å². The summed E-state index contributed by atoms with van der Waals surface area (Å²) in [6, 6.07) is 0. The molecule has 0 saturated carbocycles. The van der Waals surface area contributed by atoms with Crippen molar-refractivity contribution in [3.05, 3.63) is 30.6 Å². The summed E-state index contributed by atoms with van der Waals surface area (Å²) in [5.41, 5.74) is 1.84. The van der Waals surface area contributed by atoms with Gasteiger partial charge in [-0.3, -0.25) is 0 Å². The van der Waals surface area contributed by atoms with E-state index < -0.39 is 5.97 Å². The summed E-state index contributed by atoms with van der Waals surface area (Å²) in [7, 11) is 0. The molecule has 0 atom stereocenters. The molecule has 0 aliphatic carbocycles. The van der Waals surface area contributed by atoms with E-state index in [2.05, 4.69) is 22.0 Å². The number of aromatic nitrogens is 3. The van der Waals surface area contributed by atoms with Crippen molar-refractivity contribution in [2.24, 2.45) is 0 Å². The highest BCUT2D eigenvalue weighted by Gasteiger charge is 2.18. The third-order valence-corrected chi connectivity index (χ3v) is 2.88. The van der Waals surface area contributed by atoms with Crippen LogP contribution in [0.5, 0.6) is 0 Å². The average molecular weight is 274 g/mol. The van der Waals surface area contributed by atoms with Gasteiger partial charge in [-0.15, -0.1) is 6.58 Å². The summed E-state index contributed by atoms with van der Waals surface area (Å²) in [5.74, 6) is -0.391. The van der Waals surface area contributed by atoms with Crippen molar-refractivity contribution in [3.63, 3.8) is 0 Å². The predicted octanol–water partition coefficient (Wildman–Crippen LogP) is 2.23. The van der Waals surface area contributed by atoms with Crippen LogP contribution in [0.4, 0.5) is 5.69 Å². The first-order valence-corrected chi connectivity index (χ1v) is 6.59. The van der Waals surface area contributed by atoms with Crippen LogP contribution < -0.4 is 5.32 Å². The van der Waals surface area contributed by atoms with E-state index in [1.165, 1.54) is 6.20 Å². The first-order chi connectivity index (χ1) is 9.72. The van der Waals surface area contributed by atoms with Crippen LogP contribution >= 0.6 is 0 Å². The smallest absolute Gasteiger partial charge is 0.341 e. The zero-order valence-electron chi connectivity index (χ0n) is 11.7. The standard InChI is InChI=1S/C14H18N4O2/c1-4-7-15-12-10-9-17-18(5-2)13(10)16-8-11(12)14(19)20-6-3/h4,8-9H,1,5-7H2,2-3H3,(H,15,16). The van der Waals surface area contributed by atoms with Crippen LogP contribution in [0.25, 0.3) is 11.0 Å². The van der Waals surface area contributed by atoms with Gasteiger partial charge in [-0.25, -0.2) is 14.5 Å². The van der Waals surface area contributed by atoms with Crippen molar-refractivity contribution in [1.82, 2.24) is 14.8 Å². The number of rotatable bonds is 6. The van der Waals surface area contributed by atoms with Crippen molar-refractivity contribution in [1.29, 1.82) is 0 Å². The van der Waals surface area contributed by atoms with Crippen LogP contribution in [0.15, 0.2) is 25.0 Å². The molecule has 0 aromatic carbocycles. The Morgan fingerprint density at radius 3 is 2.95 bits per heavy atom. The summed E-state index contributed by atoms with van der Waals surface area (Å²) in [4.78, 5) is 16.3. The van der Waals surface area contributed by atoms with Crippen LogP contribution in [0.2, 0.25) is 0 Å². The molecule has 0 radical (unpaired) electrons. The maximum atomic E-state index is 12.0. The molecular formula is C14H18N4O2. The fourth-order valence-electron chi connectivity index (χ4n) is 1.99. The van der Waals surface area contributed by atoms with Crippen molar-refractivity contribution in [2.45, 2.75) is 20.4 Å². The van der Waals surface area contributed by atoms with Gasteiger partial charge >= 0.3 is 5.97 Å². The Labute approximate surface area is 117 Å². The maximum Gasteiger partial charge on any atom is 0.341 e. The van der Waals surface area contributed by atoms with Crippen molar-refractivity contribution < 1.29 is 9.53 Å². The minimum absolute atomic E-state index is 0.325. The molecule has 0 amide bonds. The number of hydrogen-bond acceptors (Lipinski definition) is 5. The first-order valence-electron chi connectivity index (χ1n) is 6.59. The Morgan fingerprint density at radius 1 is 1.50 bits per heavy atom. The Morgan fingerprint density at radius 2 is 2.30 bits per heavy atom. The number of ether oxygens (including phenoxy) is 1. The number of hydrogen-bond donors (Lipinski definition) is 1. The van der Waals surface area contributed by atoms with Gasteiger partial charge in [0.15, 0.2) is 5.65 Å². The second-order valence-corrected chi connectivity index (χ2v) is 4.13. The molecule has 20 heavy (non-hydrogen) atoms. The van der Waals surface area contributed by atoms with Gasteiger partial charge in [0.05, 0.1) is 23.9 Å². The number of nitrogens with one attached hydrogen (secondary N) is 1. The average Bonchev–Trinajstić information content (AvgIpc) is 2.88. The van der Waals surface area contributed by atoms with Crippen LogP contribution in [-0.2, 0) is 11.3 Å². The zero-order valence-corrected chi connectivity index (χ0v) is 11.7. The third-order valence-electron chi connectivity index (χ3n) is 2.88. The fourth-order valence-corrected chi connectivity index (χ4v) is 1.99. The Bertz CT molecular complexity index is 633. The van der Waals surface area contributed by atoms with Gasteiger partial charge in [-0.1, -0.05) is 6.08 Å². The lowest BCUT2D eigenvalue weighted by molar-refractivity contribution is 0.0527. The van der Waals surface area contributed by atoms with Crippen LogP contribution in [0, 0.1) is 0 Å². The highest BCUT2D eigenvalue weighted by Crippen LogP contribution is 2.26. The number of aryl methyl sites for hydroxylation is 1. The number of nitrogens with zero attached hydrogens (tertiary/aromatic N) is 3. The molecule has 0 unspecified atom stereocenters. The second kappa shape index (κ2) is 6.18. The lowest BCUT2D eigenvalue weighted by Crippen LogP contribution is -2.11. The Hall–Kier alpha value is -2.37. The molecule has 2 rings (SSSR count). The number of carbonyl (C=O) groups is 1. The zero-order chi connectivity index (χ0) is 14.5. The van der Waals surface area contributed by atoms with E-state index in [-0.39, 0.29) is 0 Å². The molecule has 0 saturated heterocycles. The molecule has 6 heteroatoms. The molecule has 6 nitrogen and oxygen atoms in total. The molecular weight excluding hydrogens is 256 g/mol. The summed E-state index contributed by atoms with van der Waals surface area (Å²) in [5, 5.41) is 8.24. The van der Waals surface area contributed by atoms with Gasteiger partial charge in [-0.05, 0) is 13.8 Å². The number of esters is 1. The number of pyridine rings is 1. The van der Waals surface area contributed by atoms with Gasteiger partial charge in [0, 0.05) is 19.3 Å². The SMILES string of the molecule is C=CCNc1c(C(=O)OCC)cnc2c1cnn2CC. The summed E-state index contributed by atoms with van der Waals surface area (Å²) < 4.78 is 6.84. The second-order valence-electron chi connectivity index (χ2n) is 4.13. The topological polar surface area (TPSA) is 69.0 Å². The molecule has 0 aliphatic rings. The summed E-state index contributed by atoms with van der Waals surface area (Å²) in [6.07, 6.45) is 4.96. The number of anilines is 1. The molecule has 0 aliphatic heterocycles. The van der Waals surface area contributed by atoms with E-state index in [4.69, 9.17) is 4.74 Å². The predicted molar refractivity (Wildman–Crippen MR) is 77.8 cm³/mol. The molecule has 2 heterocycles. The quantitative estimate of drug-likeness (QED) is 0.646. The molecule has 2 aromatic rings. The molecule has 106 valence electrons. The van der Waals surface area contributed by atoms with Crippen molar-refractivity contribution in [3.8, 4) is 0 Å². The van der Waals surface area contributed by atoms with Crippen LogP contribution in [0.3, 0.4) is 0 Å². The molecule has 0 fully saturated rings. The molecule has 0 bridgehead atoms. The van der Waals surface area contributed by atoms with Gasteiger partial charge in [0.25, 0.3) is 0 Å². The van der Waals surface area contributed by atoms with Gasteiger partial charge in [0.2, 0.25) is 0 Å². The minimum atomic E-state index is -0.391. The van der Waals surface area contributed by atoms with Crippen molar-refractivity contribution >= 4 is 22.7 Å². The highest BCUT2D eigenvalue weighted by atomic mass is 16.5. The normalized spacial score (nSPS) is 10.5. The molecule has 1 N–H and O–H groups in total. The fraction of sp³-hybridized carbons (Fsp3) is 0.357.